The molecule has 2 aromatic carbocycles. The molecule has 0 bridgehead atoms. The van der Waals surface area contributed by atoms with E-state index in [0.29, 0.717) is 23.4 Å². The smallest absolute Gasteiger partial charge is 0.338 e. The number of amides is 1. The van der Waals surface area contributed by atoms with Gasteiger partial charge in [-0.15, -0.1) is 0 Å². The number of ether oxygens (including phenoxy) is 2. The maximum Gasteiger partial charge on any atom is 0.338 e. The molecule has 22 heavy (non-hydrogen) atoms. The molecule has 0 saturated carbocycles. The highest BCUT2D eigenvalue weighted by molar-refractivity contribution is 6.04. The quantitative estimate of drug-likeness (QED) is 0.658. The van der Waals surface area contributed by atoms with E-state index in [-0.39, 0.29) is 12.5 Å². The van der Waals surface area contributed by atoms with Gasteiger partial charge in [-0.25, -0.2) is 4.79 Å². The van der Waals surface area contributed by atoms with Gasteiger partial charge in [-0.3, -0.25) is 4.79 Å². The lowest BCUT2D eigenvalue weighted by Crippen LogP contribution is -2.12. The molecule has 0 aliphatic heterocycles. The third-order valence-corrected chi connectivity index (χ3v) is 2.94. The number of benzene rings is 2. The standard InChI is InChI=1S/C17H17NO4/c1-21-11-12-22-17(20)14-7-9-15(10-8-14)18-16(19)13-5-3-2-4-6-13/h2-10H,11-12H2,1H3,(H,18,19). The Hall–Kier alpha value is -2.66. The van der Waals surface area contributed by atoms with Crippen LogP contribution < -0.4 is 5.32 Å². The molecule has 0 radical (unpaired) electrons. The summed E-state index contributed by atoms with van der Waals surface area (Å²) in [4.78, 5) is 23.7. The molecule has 0 fully saturated rings. The SMILES string of the molecule is COCCOC(=O)c1ccc(NC(=O)c2ccccc2)cc1. The van der Waals surface area contributed by atoms with Gasteiger partial charge in [0.15, 0.2) is 0 Å². The van der Waals surface area contributed by atoms with Gasteiger partial charge >= 0.3 is 5.97 Å². The largest absolute Gasteiger partial charge is 0.460 e. The molecule has 2 aromatic rings. The molecule has 0 atom stereocenters. The first-order valence-corrected chi connectivity index (χ1v) is 6.83. The highest BCUT2D eigenvalue weighted by Gasteiger charge is 2.08. The molecule has 0 saturated heterocycles. The van der Waals surface area contributed by atoms with Crippen LogP contribution in [-0.2, 0) is 9.47 Å². The molecule has 0 aliphatic rings. The Morgan fingerprint density at radius 3 is 2.23 bits per heavy atom. The number of nitrogens with one attached hydrogen (secondary N) is 1. The van der Waals surface area contributed by atoms with E-state index in [1.807, 2.05) is 6.07 Å². The Balaban J connectivity index is 1.94. The van der Waals surface area contributed by atoms with Crippen molar-refractivity contribution in [3.05, 3.63) is 65.7 Å². The van der Waals surface area contributed by atoms with Crippen molar-refractivity contribution >= 4 is 17.6 Å². The first-order chi connectivity index (χ1) is 10.7. The van der Waals surface area contributed by atoms with Gasteiger partial charge in [-0.1, -0.05) is 18.2 Å². The summed E-state index contributed by atoms with van der Waals surface area (Å²) in [5.74, 6) is -0.617. The molecule has 5 nitrogen and oxygen atoms in total. The lowest BCUT2D eigenvalue weighted by Gasteiger charge is -2.07. The Kier molecular flexibility index (Phi) is 5.68. The van der Waals surface area contributed by atoms with Gasteiger partial charge in [-0.2, -0.15) is 0 Å². The number of anilines is 1. The van der Waals surface area contributed by atoms with Gasteiger partial charge in [0.05, 0.1) is 12.2 Å². The number of hydrogen-bond acceptors (Lipinski definition) is 4. The summed E-state index contributed by atoms with van der Waals surface area (Å²) >= 11 is 0. The molecular weight excluding hydrogens is 282 g/mol. The van der Waals surface area contributed by atoms with Crippen LogP contribution in [-0.4, -0.2) is 32.2 Å². The zero-order chi connectivity index (χ0) is 15.8. The van der Waals surface area contributed by atoms with Crippen LogP contribution in [0.4, 0.5) is 5.69 Å². The van der Waals surface area contributed by atoms with Crippen molar-refractivity contribution in [1.29, 1.82) is 0 Å². The maximum absolute atomic E-state index is 12.0. The van der Waals surface area contributed by atoms with E-state index in [1.165, 1.54) is 7.11 Å². The minimum absolute atomic E-state index is 0.198. The molecule has 0 heterocycles. The fourth-order valence-corrected chi connectivity index (χ4v) is 1.78. The van der Waals surface area contributed by atoms with Gasteiger partial charge < -0.3 is 14.8 Å². The third-order valence-electron chi connectivity index (χ3n) is 2.94. The van der Waals surface area contributed by atoms with Crippen LogP contribution in [0.2, 0.25) is 0 Å². The van der Waals surface area contributed by atoms with E-state index in [0.717, 1.165) is 0 Å². The van der Waals surface area contributed by atoms with Crippen LogP contribution in [0.3, 0.4) is 0 Å². The number of carbonyl (C=O) groups is 2. The maximum atomic E-state index is 12.0. The number of methoxy groups -OCH3 is 1. The minimum atomic E-state index is -0.419. The third kappa shape index (κ3) is 4.43. The van der Waals surface area contributed by atoms with Crippen LogP contribution in [0.15, 0.2) is 54.6 Å². The average Bonchev–Trinajstić information content (AvgIpc) is 2.56. The van der Waals surface area contributed by atoms with Crippen molar-refractivity contribution in [3.8, 4) is 0 Å². The van der Waals surface area contributed by atoms with Crippen LogP contribution >= 0.6 is 0 Å². The summed E-state index contributed by atoms with van der Waals surface area (Å²) in [5.41, 5.74) is 1.61. The summed E-state index contributed by atoms with van der Waals surface area (Å²) in [5, 5.41) is 2.77. The zero-order valence-electron chi connectivity index (χ0n) is 12.2. The van der Waals surface area contributed by atoms with Crippen LogP contribution in [0.25, 0.3) is 0 Å². The Labute approximate surface area is 128 Å². The highest BCUT2D eigenvalue weighted by Crippen LogP contribution is 2.12. The number of carbonyl (C=O) groups excluding carboxylic acids is 2. The van der Waals surface area contributed by atoms with E-state index in [4.69, 9.17) is 9.47 Å². The lowest BCUT2D eigenvalue weighted by molar-refractivity contribution is 0.0388. The van der Waals surface area contributed by atoms with Gasteiger partial charge in [0.1, 0.15) is 6.61 Å². The van der Waals surface area contributed by atoms with Crippen molar-refractivity contribution in [2.45, 2.75) is 0 Å². The van der Waals surface area contributed by atoms with Gasteiger partial charge in [0.25, 0.3) is 5.91 Å². The van der Waals surface area contributed by atoms with Gasteiger partial charge in [0, 0.05) is 18.4 Å². The van der Waals surface area contributed by atoms with Crippen LogP contribution in [0.5, 0.6) is 0 Å². The Morgan fingerprint density at radius 2 is 1.59 bits per heavy atom. The topological polar surface area (TPSA) is 64.6 Å². The number of rotatable bonds is 6. The first-order valence-electron chi connectivity index (χ1n) is 6.83. The zero-order valence-corrected chi connectivity index (χ0v) is 12.2. The van der Waals surface area contributed by atoms with Crippen molar-refractivity contribution in [1.82, 2.24) is 0 Å². The summed E-state index contributed by atoms with van der Waals surface area (Å²) in [6, 6.07) is 15.4. The summed E-state index contributed by atoms with van der Waals surface area (Å²) < 4.78 is 9.82. The van der Waals surface area contributed by atoms with Crippen molar-refractivity contribution < 1.29 is 19.1 Å². The predicted molar refractivity (Wildman–Crippen MR) is 83.0 cm³/mol. The van der Waals surface area contributed by atoms with E-state index in [1.54, 1.807) is 48.5 Å². The second-order valence-electron chi connectivity index (χ2n) is 4.53. The molecule has 5 heteroatoms. The number of esters is 1. The van der Waals surface area contributed by atoms with Gasteiger partial charge in [-0.05, 0) is 36.4 Å². The Morgan fingerprint density at radius 1 is 0.909 bits per heavy atom. The van der Waals surface area contributed by atoms with Crippen LogP contribution in [0.1, 0.15) is 20.7 Å². The monoisotopic (exact) mass is 299 g/mol. The normalized spacial score (nSPS) is 10.0. The summed E-state index contributed by atoms with van der Waals surface area (Å²) in [6.45, 7) is 0.568. The van der Waals surface area contributed by atoms with E-state index >= 15 is 0 Å². The molecule has 1 amide bonds. The first kappa shape index (κ1) is 15.7. The van der Waals surface area contributed by atoms with Gasteiger partial charge in [0.2, 0.25) is 0 Å². The fourth-order valence-electron chi connectivity index (χ4n) is 1.78. The van der Waals surface area contributed by atoms with Crippen molar-refractivity contribution in [2.75, 3.05) is 25.6 Å². The highest BCUT2D eigenvalue weighted by atomic mass is 16.6. The molecule has 0 spiro atoms. The lowest BCUT2D eigenvalue weighted by atomic mass is 10.2. The molecule has 0 unspecified atom stereocenters. The Bertz CT molecular complexity index is 623. The van der Waals surface area contributed by atoms with Crippen LogP contribution in [0, 0.1) is 0 Å². The average molecular weight is 299 g/mol. The molecule has 1 N–H and O–H groups in total. The van der Waals surface area contributed by atoms with Crippen molar-refractivity contribution in [3.63, 3.8) is 0 Å². The second kappa shape index (κ2) is 7.95. The minimum Gasteiger partial charge on any atom is -0.460 e. The van der Waals surface area contributed by atoms with E-state index in [9.17, 15) is 9.59 Å². The fraction of sp³-hybridized carbons (Fsp3) is 0.176. The molecule has 0 aromatic heterocycles. The number of hydrogen-bond donors (Lipinski definition) is 1. The molecule has 114 valence electrons. The molecule has 2 rings (SSSR count). The predicted octanol–water partition coefficient (Wildman–Crippen LogP) is 2.74. The molecule has 0 aliphatic carbocycles. The summed E-state index contributed by atoms with van der Waals surface area (Å²) in [6.07, 6.45) is 0. The molecular formula is C17H17NO4. The van der Waals surface area contributed by atoms with E-state index in [2.05, 4.69) is 5.32 Å². The summed E-state index contributed by atoms with van der Waals surface area (Å²) in [7, 11) is 1.54. The van der Waals surface area contributed by atoms with Crippen molar-refractivity contribution in [2.24, 2.45) is 0 Å². The second-order valence-corrected chi connectivity index (χ2v) is 4.53. The van der Waals surface area contributed by atoms with E-state index < -0.39 is 5.97 Å².